The SMILES string of the molecule is CCCCCCCCCCC[C@H](CC#N)OC(=O)C(I)CCCCCC. The van der Waals surface area contributed by atoms with Crippen LogP contribution < -0.4 is 0 Å². The fourth-order valence-electron chi connectivity index (χ4n) is 3.09. The molecule has 0 saturated carbocycles. The van der Waals surface area contributed by atoms with Gasteiger partial charge >= 0.3 is 5.97 Å². The lowest BCUT2D eigenvalue weighted by Gasteiger charge is -2.17. The van der Waals surface area contributed by atoms with Crippen LogP contribution in [-0.2, 0) is 9.53 Å². The summed E-state index contributed by atoms with van der Waals surface area (Å²) in [5.74, 6) is -0.127. The molecule has 0 aromatic rings. The van der Waals surface area contributed by atoms with E-state index in [0.29, 0.717) is 6.42 Å². The van der Waals surface area contributed by atoms with Gasteiger partial charge in [0.1, 0.15) is 10.0 Å². The third-order valence-corrected chi connectivity index (χ3v) is 5.93. The smallest absolute Gasteiger partial charge is 0.319 e. The molecule has 0 aromatic carbocycles. The van der Waals surface area contributed by atoms with Crippen LogP contribution in [0, 0.1) is 11.3 Å². The molecule has 0 N–H and O–H groups in total. The Morgan fingerprint density at radius 1 is 0.846 bits per heavy atom. The summed E-state index contributed by atoms with van der Waals surface area (Å²) in [6.07, 6.45) is 18.0. The van der Waals surface area contributed by atoms with Crippen molar-refractivity contribution in [3.63, 3.8) is 0 Å². The lowest BCUT2D eigenvalue weighted by molar-refractivity contribution is -0.148. The molecular weight excluding hydrogens is 437 g/mol. The second-order valence-electron chi connectivity index (χ2n) is 7.36. The fourth-order valence-corrected chi connectivity index (χ4v) is 3.68. The molecule has 0 radical (unpaired) electrons. The molecular formula is C22H40INO2. The summed E-state index contributed by atoms with van der Waals surface area (Å²) in [6, 6.07) is 2.17. The molecule has 0 rings (SSSR count). The van der Waals surface area contributed by atoms with Gasteiger partial charge in [-0.05, 0) is 19.3 Å². The minimum absolute atomic E-state index is 0.0752. The lowest BCUT2D eigenvalue weighted by atomic mass is 10.0. The average Bonchev–Trinajstić information content (AvgIpc) is 2.63. The Kier molecular flexibility index (Phi) is 19.2. The first-order chi connectivity index (χ1) is 12.7. The third-order valence-electron chi connectivity index (χ3n) is 4.80. The van der Waals surface area contributed by atoms with E-state index in [1.54, 1.807) is 0 Å². The maximum atomic E-state index is 12.2. The number of ether oxygens (including phenoxy) is 1. The van der Waals surface area contributed by atoms with Gasteiger partial charge in [-0.3, -0.25) is 4.79 Å². The maximum absolute atomic E-state index is 12.2. The second kappa shape index (κ2) is 19.5. The molecule has 0 heterocycles. The van der Waals surface area contributed by atoms with E-state index in [2.05, 4.69) is 42.5 Å². The number of nitriles is 1. The summed E-state index contributed by atoms with van der Waals surface area (Å²) < 4.78 is 5.54. The molecule has 26 heavy (non-hydrogen) atoms. The van der Waals surface area contributed by atoms with Gasteiger partial charge in [0.15, 0.2) is 0 Å². The average molecular weight is 477 g/mol. The van der Waals surface area contributed by atoms with Gasteiger partial charge in [-0.1, -0.05) is 113 Å². The normalized spacial score (nSPS) is 13.2. The van der Waals surface area contributed by atoms with Crippen LogP contribution in [0.1, 0.15) is 117 Å². The number of halogens is 1. The Morgan fingerprint density at radius 3 is 1.85 bits per heavy atom. The molecule has 0 fully saturated rings. The minimum atomic E-state index is -0.218. The number of esters is 1. The number of alkyl halides is 1. The molecule has 0 amide bonds. The summed E-state index contributed by atoms with van der Waals surface area (Å²) in [6.45, 7) is 4.44. The van der Waals surface area contributed by atoms with E-state index in [0.717, 1.165) is 25.7 Å². The minimum Gasteiger partial charge on any atom is -0.460 e. The zero-order valence-electron chi connectivity index (χ0n) is 17.1. The van der Waals surface area contributed by atoms with E-state index in [-0.39, 0.29) is 16.0 Å². The predicted octanol–water partition coefficient (Wildman–Crippen LogP) is 7.51. The number of rotatable bonds is 18. The molecule has 0 spiro atoms. The summed E-state index contributed by atoms with van der Waals surface area (Å²) in [5.41, 5.74) is 0. The van der Waals surface area contributed by atoms with Crippen LogP contribution in [0.5, 0.6) is 0 Å². The standard InChI is InChI=1S/C22H40INO2/c1-3-5-7-9-10-11-12-13-14-16-20(18-19-24)26-22(25)21(23)17-15-8-6-4-2/h20-21H,3-18H2,1-2H3/t20-,21?/m1/s1. The summed E-state index contributed by atoms with van der Waals surface area (Å²) in [4.78, 5) is 12.2. The molecule has 0 bridgehead atoms. The van der Waals surface area contributed by atoms with Crippen molar-refractivity contribution in [2.24, 2.45) is 0 Å². The number of carbonyl (C=O) groups is 1. The van der Waals surface area contributed by atoms with Gasteiger partial charge < -0.3 is 4.74 Å². The predicted molar refractivity (Wildman–Crippen MR) is 119 cm³/mol. The van der Waals surface area contributed by atoms with E-state index in [1.165, 1.54) is 70.6 Å². The van der Waals surface area contributed by atoms with Gasteiger partial charge in [-0.15, -0.1) is 0 Å². The summed E-state index contributed by atoms with van der Waals surface area (Å²) >= 11 is 2.19. The summed E-state index contributed by atoms with van der Waals surface area (Å²) in [7, 11) is 0. The van der Waals surface area contributed by atoms with Crippen molar-refractivity contribution in [3.8, 4) is 6.07 Å². The first-order valence-corrected chi connectivity index (χ1v) is 12.1. The fraction of sp³-hybridized carbons (Fsp3) is 0.909. The van der Waals surface area contributed by atoms with Crippen molar-refractivity contribution in [2.45, 2.75) is 127 Å². The first kappa shape index (κ1) is 25.7. The van der Waals surface area contributed by atoms with E-state index in [1.807, 2.05) is 0 Å². The van der Waals surface area contributed by atoms with Gasteiger partial charge in [-0.2, -0.15) is 5.26 Å². The zero-order valence-corrected chi connectivity index (χ0v) is 19.3. The Morgan fingerprint density at radius 2 is 1.31 bits per heavy atom. The molecule has 4 heteroatoms. The molecule has 0 aromatic heterocycles. The Balaban J connectivity index is 3.84. The molecule has 1 unspecified atom stereocenters. The third kappa shape index (κ3) is 15.9. The highest BCUT2D eigenvalue weighted by Crippen LogP contribution is 2.18. The zero-order chi connectivity index (χ0) is 19.5. The molecule has 3 nitrogen and oxygen atoms in total. The molecule has 152 valence electrons. The molecule has 2 atom stereocenters. The Hall–Kier alpha value is -0.310. The van der Waals surface area contributed by atoms with Crippen LogP contribution in [-0.4, -0.2) is 16.0 Å². The number of hydrogen-bond donors (Lipinski definition) is 0. The molecule has 0 aliphatic heterocycles. The quantitative estimate of drug-likeness (QED) is 0.0889. The Labute approximate surface area is 175 Å². The van der Waals surface area contributed by atoms with E-state index in [4.69, 9.17) is 10.00 Å². The highest BCUT2D eigenvalue weighted by Gasteiger charge is 2.20. The summed E-state index contributed by atoms with van der Waals surface area (Å²) in [5, 5.41) is 8.99. The van der Waals surface area contributed by atoms with Crippen LogP contribution >= 0.6 is 22.6 Å². The molecule has 0 aliphatic rings. The lowest BCUT2D eigenvalue weighted by Crippen LogP contribution is -2.24. The van der Waals surface area contributed by atoms with E-state index < -0.39 is 0 Å². The van der Waals surface area contributed by atoms with Crippen LogP contribution in [0.15, 0.2) is 0 Å². The van der Waals surface area contributed by atoms with Crippen molar-refractivity contribution in [2.75, 3.05) is 0 Å². The number of unbranched alkanes of at least 4 members (excludes halogenated alkanes) is 11. The monoisotopic (exact) mass is 477 g/mol. The largest absolute Gasteiger partial charge is 0.460 e. The van der Waals surface area contributed by atoms with Crippen LogP contribution in [0.4, 0.5) is 0 Å². The first-order valence-electron chi connectivity index (χ1n) is 10.9. The topological polar surface area (TPSA) is 50.1 Å². The van der Waals surface area contributed by atoms with Crippen LogP contribution in [0.3, 0.4) is 0 Å². The highest BCUT2D eigenvalue weighted by molar-refractivity contribution is 14.1. The molecule has 0 saturated heterocycles. The van der Waals surface area contributed by atoms with Crippen LogP contribution in [0.2, 0.25) is 0 Å². The van der Waals surface area contributed by atoms with Crippen molar-refractivity contribution >= 4 is 28.6 Å². The maximum Gasteiger partial charge on any atom is 0.319 e. The van der Waals surface area contributed by atoms with Crippen molar-refractivity contribution < 1.29 is 9.53 Å². The number of hydrogen-bond acceptors (Lipinski definition) is 3. The number of carbonyl (C=O) groups excluding carboxylic acids is 1. The molecule has 0 aliphatic carbocycles. The van der Waals surface area contributed by atoms with E-state index >= 15 is 0 Å². The van der Waals surface area contributed by atoms with Gasteiger partial charge in [0.05, 0.1) is 12.5 Å². The second-order valence-corrected chi connectivity index (χ2v) is 8.86. The van der Waals surface area contributed by atoms with Crippen LogP contribution in [0.25, 0.3) is 0 Å². The van der Waals surface area contributed by atoms with Crippen molar-refractivity contribution in [1.29, 1.82) is 5.26 Å². The van der Waals surface area contributed by atoms with Gasteiger partial charge in [0.25, 0.3) is 0 Å². The van der Waals surface area contributed by atoms with Gasteiger partial charge in [0, 0.05) is 0 Å². The highest BCUT2D eigenvalue weighted by atomic mass is 127. The van der Waals surface area contributed by atoms with E-state index in [9.17, 15) is 4.79 Å². The van der Waals surface area contributed by atoms with Crippen molar-refractivity contribution in [1.82, 2.24) is 0 Å². The van der Waals surface area contributed by atoms with Gasteiger partial charge in [0.2, 0.25) is 0 Å². The number of nitrogens with zero attached hydrogens (tertiary/aromatic N) is 1. The van der Waals surface area contributed by atoms with Crippen molar-refractivity contribution in [3.05, 3.63) is 0 Å². The Bertz CT molecular complexity index is 368. The van der Waals surface area contributed by atoms with Gasteiger partial charge in [-0.25, -0.2) is 0 Å².